The number of esters is 1. The van der Waals surface area contributed by atoms with Crippen molar-refractivity contribution in [3.05, 3.63) is 46.2 Å². The number of rotatable bonds is 5. The second-order valence-electron chi connectivity index (χ2n) is 4.22. The molecule has 1 N–H and O–H groups in total. The van der Waals surface area contributed by atoms with Gasteiger partial charge in [0.05, 0.1) is 7.11 Å². The summed E-state index contributed by atoms with van der Waals surface area (Å²) in [5.74, 6) is -0.669. The van der Waals surface area contributed by atoms with Crippen LogP contribution in [0, 0.1) is 12.7 Å². The number of nitrogens with one attached hydrogen (secondary N) is 1. The van der Waals surface area contributed by atoms with E-state index >= 15 is 0 Å². The van der Waals surface area contributed by atoms with Gasteiger partial charge in [-0.15, -0.1) is 11.3 Å². The van der Waals surface area contributed by atoms with Crippen LogP contribution in [0.5, 0.6) is 0 Å². The molecule has 1 aromatic carbocycles. The van der Waals surface area contributed by atoms with Crippen LogP contribution in [0.15, 0.2) is 24.3 Å². The Bertz CT molecular complexity index is 613. The van der Waals surface area contributed by atoms with Gasteiger partial charge in [-0.3, -0.25) is 0 Å². The van der Waals surface area contributed by atoms with Gasteiger partial charge in [-0.25, -0.2) is 14.2 Å². The molecule has 0 aliphatic rings. The lowest BCUT2D eigenvalue weighted by Crippen LogP contribution is -2.06. The predicted molar refractivity (Wildman–Crippen MR) is 76.8 cm³/mol. The maximum atomic E-state index is 13.0. The molecule has 0 spiro atoms. The summed E-state index contributed by atoms with van der Waals surface area (Å²) in [7, 11) is 1.33. The van der Waals surface area contributed by atoms with Gasteiger partial charge in [0, 0.05) is 11.4 Å². The van der Waals surface area contributed by atoms with Gasteiger partial charge < -0.3 is 10.1 Å². The molecule has 0 radical (unpaired) electrons. The van der Waals surface area contributed by atoms with Crippen LogP contribution in [0.25, 0.3) is 0 Å². The van der Waals surface area contributed by atoms with Crippen molar-refractivity contribution in [3.63, 3.8) is 0 Å². The number of thiazole rings is 1. The number of aryl methyl sites for hydroxylation is 1. The molecule has 6 heteroatoms. The van der Waals surface area contributed by atoms with Gasteiger partial charge >= 0.3 is 5.97 Å². The van der Waals surface area contributed by atoms with E-state index in [0.717, 1.165) is 10.4 Å². The van der Waals surface area contributed by atoms with Crippen molar-refractivity contribution < 1.29 is 13.9 Å². The molecule has 0 saturated carbocycles. The predicted octanol–water partition coefficient (Wildman–Crippen LogP) is 3.03. The summed E-state index contributed by atoms with van der Waals surface area (Å²) in [5.41, 5.74) is 1.25. The first-order valence-electron chi connectivity index (χ1n) is 6.14. The summed E-state index contributed by atoms with van der Waals surface area (Å²) in [6.45, 7) is 2.44. The maximum absolute atomic E-state index is 13.0. The Hall–Kier alpha value is -1.95. The molecule has 0 atom stereocenters. The average Bonchev–Trinajstić information content (AvgIpc) is 2.79. The number of benzene rings is 1. The van der Waals surface area contributed by atoms with Gasteiger partial charge in [-0.2, -0.15) is 0 Å². The maximum Gasteiger partial charge on any atom is 0.357 e. The molecule has 4 nitrogen and oxygen atoms in total. The summed E-state index contributed by atoms with van der Waals surface area (Å²) < 4.78 is 17.7. The molecule has 0 aliphatic carbocycles. The first-order chi connectivity index (χ1) is 9.60. The zero-order valence-corrected chi connectivity index (χ0v) is 12.1. The molecule has 0 unspecified atom stereocenters. The van der Waals surface area contributed by atoms with Crippen molar-refractivity contribution in [2.45, 2.75) is 13.3 Å². The molecule has 106 valence electrons. The highest BCUT2D eigenvalue weighted by atomic mass is 32.1. The topological polar surface area (TPSA) is 51.2 Å². The van der Waals surface area contributed by atoms with Crippen LogP contribution in [0.2, 0.25) is 0 Å². The fourth-order valence-corrected chi connectivity index (χ4v) is 2.59. The zero-order valence-electron chi connectivity index (χ0n) is 11.3. The first kappa shape index (κ1) is 14.5. The van der Waals surface area contributed by atoms with Crippen molar-refractivity contribution in [1.82, 2.24) is 4.98 Å². The molecule has 0 aliphatic heterocycles. The van der Waals surface area contributed by atoms with E-state index in [4.69, 9.17) is 0 Å². The lowest BCUT2D eigenvalue weighted by molar-refractivity contribution is 0.0594. The fourth-order valence-electron chi connectivity index (χ4n) is 1.76. The Balaban J connectivity index is 1.93. The number of nitrogens with zero attached hydrogens (tertiary/aromatic N) is 1. The molecule has 20 heavy (non-hydrogen) atoms. The molecule has 0 bridgehead atoms. The Morgan fingerprint density at radius 2 is 2.30 bits per heavy atom. The Kier molecular flexibility index (Phi) is 4.68. The van der Waals surface area contributed by atoms with Crippen molar-refractivity contribution in [1.29, 1.82) is 0 Å². The lowest BCUT2D eigenvalue weighted by atomic mass is 10.1. The minimum absolute atomic E-state index is 0.236. The van der Waals surface area contributed by atoms with Crippen molar-refractivity contribution >= 4 is 22.4 Å². The zero-order chi connectivity index (χ0) is 14.5. The fraction of sp³-hybridized carbons (Fsp3) is 0.286. The van der Waals surface area contributed by atoms with Crippen LogP contribution in [0.3, 0.4) is 0 Å². The number of hydrogen-bond acceptors (Lipinski definition) is 5. The Labute approximate surface area is 120 Å². The van der Waals surface area contributed by atoms with Crippen molar-refractivity contribution in [2.75, 3.05) is 19.0 Å². The van der Waals surface area contributed by atoms with E-state index < -0.39 is 5.97 Å². The standard InChI is InChI=1S/C14H15FN2O2S/c1-9-12(13(18)19-2)17-14(20-9)16-7-6-10-4-3-5-11(15)8-10/h3-5,8H,6-7H2,1-2H3,(H,16,17). The monoisotopic (exact) mass is 294 g/mol. The van der Waals surface area contributed by atoms with E-state index in [-0.39, 0.29) is 5.82 Å². The van der Waals surface area contributed by atoms with Crippen LogP contribution >= 0.6 is 11.3 Å². The highest BCUT2D eigenvalue weighted by molar-refractivity contribution is 7.15. The van der Waals surface area contributed by atoms with E-state index in [2.05, 4.69) is 15.0 Å². The second-order valence-corrected chi connectivity index (χ2v) is 5.43. The van der Waals surface area contributed by atoms with Crippen LogP contribution in [-0.2, 0) is 11.2 Å². The summed E-state index contributed by atoms with van der Waals surface area (Å²) in [6, 6.07) is 6.49. The van der Waals surface area contributed by atoms with E-state index in [1.807, 2.05) is 13.0 Å². The third kappa shape index (κ3) is 3.54. The highest BCUT2D eigenvalue weighted by Crippen LogP contribution is 2.22. The van der Waals surface area contributed by atoms with Crippen LogP contribution in [0.4, 0.5) is 9.52 Å². The number of ether oxygens (including phenoxy) is 1. The highest BCUT2D eigenvalue weighted by Gasteiger charge is 2.15. The molecule has 0 saturated heterocycles. The third-order valence-electron chi connectivity index (χ3n) is 2.75. The normalized spacial score (nSPS) is 10.3. The van der Waals surface area contributed by atoms with Crippen LogP contribution in [0.1, 0.15) is 20.9 Å². The van der Waals surface area contributed by atoms with Crippen molar-refractivity contribution in [2.24, 2.45) is 0 Å². The first-order valence-corrected chi connectivity index (χ1v) is 6.96. The van der Waals surface area contributed by atoms with Gasteiger partial charge in [0.25, 0.3) is 0 Å². The van der Waals surface area contributed by atoms with Gasteiger partial charge in [-0.1, -0.05) is 12.1 Å². The summed E-state index contributed by atoms with van der Waals surface area (Å²) in [6.07, 6.45) is 0.684. The van der Waals surface area contributed by atoms with Gasteiger partial charge in [0.2, 0.25) is 0 Å². The number of methoxy groups -OCH3 is 1. The molecular formula is C14H15FN2O2S. The average molecular weight is 294 g/mol. The summed E-state index contributed by atoms with van der Waals surface area (Å²) >= 11 is 1.40. The molecular weight excluding hydrogens is 279 g/mol. The van der Waals surface area contributed by atoms with Crippen molar-refractivity contribution in [3.8, 4) is 0 Å². The Morgan fingerprint density at radius 1 is 1.50 bits per heavy atom. The quantitative estimate of drug-likeness (QED) is 0.861. The molecule has 2 aromatic rings. The van der Waals surface area contributed by atoms with Gasteiger partial charge in [0.1, 0.15) is 5.82 Å². The summed E-state index contributed by atoms with van der Waals surface area (Å²) in [4.78, 5) is 16.4. The third-order valence-corrected chi connectivity index (χ3v) is 3.68. The van der Waals surface area contributed by atoms with E-state index in [1.165, 1.54) is 30.6 Å². The number of halogens is 1. The largest absolute Gasteiger partial charge is 0.464 e. The smallest absolute Gasteiger partial charge is 0.357 e. The number of carbonyl (C=O) groups excluding carboxylic acids is 1. The molecule has 1 heterocycles. The van der Waals surface area contributed by atoms with Crippen LogP contribution in [-0.4, -0.2) is 24.6 Å². The number of carbonyl (C=O) groups is 1. The number of hydrogen-bond donors (Lipinski definition) is 1. The molecule has 1 aromatic heterocycles. The van der Waals surface area contributed by atoms with E-state index in [9.17, 15) is 9.18 Å². The second kappa shape index (κ2) is 6.47. The minimum atomic E-state index is -0.433. The molecule has 2 rings (SSSR count). The van der Waals surface area contributed by atoms with Crippen LogP contribution < -0.4 is 5.32 Å². The molecule has 0 amide bonds. The Morgan fingerprint density at radius 3 is 3.00 bits per heavy atom. The lowest BCUT2D eigenvalue weighted by Gasteiger charge is -2.03. The number of aromatic nitrogens is 1. The van der Waals surface area contributed by atoms with E-state index in [1.54, 1.807) is 6.07 Å². The SMILES string of the molecule is COC(=O)c1nc(NCCc2cccc(F)c2)sc1C. The van der Waals surface area contributed by atoms with Gasteiger partial charge in [0.15, 0.2) is 10.8 Å². The number of anilines is 1. The van der Waals surface area contributed by atoms with Gasteiger partial charge in [-0.05, 0) is 31.0 Å². The summed E-state index contributed by atoms with van der Waals surface area (Å²) in [5, 5.41) is 3.80. The minimum Gasteiger partial charge on any atom is -0.464 e. The van der Waals surface area contributed by atoms with E-state index in [0.29, 0.717) is 23.8 Å². The molecule has 0 fully saturated rings.